The molecule has 152 valence electrons. The molecular formula is C21H24N4O4. The summed E-state index contributed by atoms with van der Waals surface area (Å²) in [6, 6.07) is 5.66. The second-order valence-electron chi connectivity index (χ2n) is 7.20. The van der Waals surface area contributed by atoms with E-state index in [1.807, 2.05) is 36.0 Å². The van der Waals surface area contributed by atoms with Crippen LogP contribution in [-0.2, 0) is 26.9 Å². The molecule has 3 aromatic rings. The van der Waals surface area contributed by atoms with E-state index in [1.165, 1.54) is 6.92 Å². The molecule has 4 rings (SSSR count). The van der Waals surface area contributed by atoms with Crippen molar-refractivity contribution in [1.82, 2.24) is 14.5 Å². The molecular weight excluding hydrogens is 372 g/mol. The van der Waals surface area contributed by atoms with Crippen molar-refractivity contribution in [2.24, 2.45) is 7.05 Å². The van der Waals surface area contributed by atoms with Gasteiger partial charge >= 0.3 is 0 Å². The highest BCUT2D eigenvalue weighted by Crippen LogP contribution is 2.38. The quantitative estimate of drug-likeness (QED) is 0.714. The van der Waals surface area contributed by atoms with Gasteiger partial charge in [-0.15, -0.1) is 0 Å². The number of carbonyl (C=O) groups excluding carboxylic acids is 1. The summed E-state index contributed by atoms with van der Waals surface area (Å²) in [7, 11) is 5.27. The maximum absolute atomic E-state index is 11.4. The predicted molar refractivity (Wildman–Crippen MR) is 109 cm³/mol. The molecule has 0 bridgehead atoms. The number of amides is 1. The van der Waals surface area contributed by atoms with Gasteiger partial charge in [-0.2, -0.15) is 0 Å². The van der Waals surface area contributed by atoms with E-state index >= 15 is 0 Å². The number of methoxy groups -OCH3 is 2. The molecule has 8 heteroatoms. The van der Waals surface area contributed by atoms with Crippen LogP contribution in [-0.4, -0.2) is 47.9 Å². The average molecular weight is 396 g/mol. The molecule has 1 unspecified atom stereocenters. The zero-order valence-electron chi connectivity index (χ0n) is 17.0. The van der Waals surface area contributed by atoms with Gasteiger partial charge in [0.15, 0.2) is 0 Å². The summed E-state index contributed by atoms with van der Waals surface area (Å²) in [5.41, 5.74) is 2.80. The van der Waals surface area contributed by atoms with E-state index in [2.05, 4.69) is 10.3 Å². The van der Waals surface area contributed by atoms with Crippen molar-refractivity contribution in [3.63, 3.8) is 0 Å². The Bertz CT molecular complexity index is 1070. The SMILES string of the molecule is COc1cc(-c2cn(C)c3cnc(NC(C)=O)cc23)nc(C2(OC)CCOC2)c1. The third-order valence-corrected chi connectivity index (χ3v) is 5.33. The minimum absolute atomic E-state index is 0.167. The van der Waals surface area contributed by atoms with Crippen molar-refractivity contribution in [3.8, 4) is 17.0 Å². The third-order valence-electron chi connectivity index (χ3n) is 5.33. The zero-order chi connectivity index (χ0) is 20.6. The van der Waals surface area contributed by atoms with Crippen LogP contribution in [0.4, 0.5) is 5.82 Å². The van der Waals surface area contributed by atoms with Crippen molar-refractivity contribution >= 4 is 22.6 Å². The Hall–Kier alpha value is -2.97. The summed E-state index contributed by atoms with van der Waals surface area (Å²) >= 11 is 0. The van der Waals surface area contributed by atoms with Gasteiger partial charge in [0.2, 0.25) is 5.91 Å². The Morgan fingerprint density at radius 2 is 2.14 bits per heavy atom. The highest BCUT2D eigenvalue weighted by molar-refractivity contribution is 5.98. The molecule has 3 aromatic heterocycles. The van der Waals surface area contributed by atoms with E-state index in [9.17, 15) is 4.79 Å². The van der Waals surface area contributed by atoms with Gasteiger partial charge in [-0.05, 0) is 6.07 Å². The Morgan fingerprint density at radius 1 is 1.31 bits per heavy atom. The summed E-state index contributed by atoms with van der Waals surface area (Å²) in [5, 5.41) is 3.67. The molecule has 29 heavy (non-hydrogen) atoms. The van der Waals surface area contributed by atoms with Gasteiger partial charge in [0.1, 0.15) is 17.2 Å². The smallest absolute Gasteiger partial charge is 0.222 e. The van der Waals surface area contributed by atoms with Crippen LogP contribution in [0.2, 0.25) is 0 Å². The monoisotopic (exact) mass is 396 g/mol. The lowest BCUT2D eigenvalue weighted by Gasteiger charge is -2.26. The van der Waals surface area contributed by atoms with E-state index < -0.39 is 5.60 Å². The fourth-order valence-electron chi connectivity index (χ4n) is 3.74. The van der Waals surface area contributed by atoms with Crippen molar-refractivity contribution in [2.75, 3.05) is 32.8 Å². The van der Waals surface area contributed by atoms with E-state index in [0.717, 1.165) is 34.3 Å². The first-order chi connectivity index (χ1) is 14.0. The second-order valence-corrected chi connectivity index (χ2v) is 7.20. The van der Waals surface area contributed by atoms with Crippen LogP contribution in [0.5, 0.6) is 5.75 Å². The van der Waals surface area contributed by atoms with Gasteiger partial charge in [0.25, 0.3) is 0 Å². The van der Waals surface area contributed by atoms with Crippen molar-refractivity contribution in [3.05, 3.63) is 36.3 Å². The van der Waals surface area contributed by atoms with E-state index in [4.69, 9.17) is 19.2 Å². The molecule has 1 aliphatic rings. The summed E-state index contributed by atoms with van der Waals surface area (Å²) in [5.74, 6) is 1.03. The lowest BCUT2D eigenvalue weighted by Crippen LogP contribution is -2.30. The topological polar surface area (TPSA) is 87.5 Å². The molecule has 0 spiro atoms. The molecule has 1 saturated heterocycles. The lowest BCUT2D eigenvalue weighted by molar-refractivity contribution is -0.114. The number of nitrogens with zero attached hydrogens (tertiary/aromatic N) is 3. The Balaban J connectivity index is 1.89. The Morgan fingerprint density at radius 3 is 2.79 bits per heavy atom. The number of anilines is 1. The fraction of sp³-hybridized carbons (Fsp3) is 0.381. The molecule has 1 aliphatic heterocycles. The van der Waals surface area contributed by atoms with Gasteiger partial charge in [0.05, 0.1) is 36.8 Å². The first kappa shape index (κ1) is 19.4. The second kappa shape index (κ2) is 7.46. The summed E-state index contributed by atoms with van der Waals surface area (Å²) in [6.45, 7) is 2.54. The standard InChI is InChI=1S/C21H24N4O4/c1-13(26)23-20-9-15-16(11-25(2)18(15)10-22-20)17-7-14(27-3)8-19(24-17)21(28-4)5-6-29-12-21/h7-11H,5-6,12H2,1-4H3,(H,22,23,26). The number of aryl methyl sites for hydroxylation is 1. The van der Waals surface area contributed by atoms with E-state index in [1.54, 1.807) is 20.4 Å². The minimum atomic E-state index is -0.587. The van der Waals surface area contributed by atoms with Crippen LogP contribution in [0.3, 0.4) is 0 Å². The predicted octanol–water partition coefficient (Wildman–Crippen LogP) is 2.86. The molecule has 4 heterocycles. The van der Waals surface area contributed by atoms with Gasteiger partial charge in [0, 0.05) is 63.4 Å². The van der Waals surface area contributed by atoms with Crippen LogP contribution < -0.4 is 10.1 Å². The first-order valence-electron chi connectivity index (χ1n) is 9.38. The van der Waals surface area contributed by atoms with Crippen LogP contribution in [0, 0.1) is 0 Å². The Kier molecular flexibility index (Phi) is 4.97. The lowest BCUT2D eigenvalue weighted by atomic mass is 9.96. The van der Waals surface area contributed by atoms with Crippen molar-refractivity contribution in [1.29, 1.82) is 0 Å². The Labute approximate surface area is 168 Å². The molecule has 0 aliphatic carbocycles. The molecule has 0 radical (unpaired) electrons. The summed E-state index contributed by atoms with van der Waals surface area (Å²) in [4.78, 5) is 20.7. The third kappa shape index (κ3) is 3.45. The van der Waals surface area contributed by atoms with Crippen molar-refractivity contribution in [2.45, 2.75) is 18.9 Å². The van der Waals surface area contributed by atoms with Gasteiger partial charge in [-0.25, -0.2) is 9.97 Å². The number of aromatic nitrogens is 3. The molecule has 1 N–H and O–H groups in total. The number of hydrogen-bond acceptors (Lipinski definition) is 6. The molecule has 1 amide bonds. The highest BCUT2D eigenvalue weighted by Gasteiger charge is 2.39. The number of ether oxygens (including phenoxy) is 3. The van der Waals surface area contributed by atoms with Gasteiger partial charge < -0.3 is 24.1 Å². The molecule has 1 fully saturated rings. The maximum Gasteiger partial charge on any atom is 0.222 e. The van der Waals surface area contributed by atoms with Crippen LogP contribution in [0.15, 0.2) is 30.6 Å². The van der Waals surface area contributed by atoms with Gasteiger partial charge in [-0.1, -0.05) is 0 Å². The summed E-state index contributed by atoms with van der Waals surface area (Å²) in [6.07, 6.45) is 4.47. The largest absolute Gasteiger partial charge is 0.497 e. The minimum Gasteiger partial charge on any atom is -0.497 e. The zero-order valence-corrected chi connectivity index (χ0v) is 17.0. The van der Waals surface area contributed by atoms with E-state index in [-0.39, 0.29) is 5.91 Å². The molecule has 0 aromatic carbocycles. The average Bonchev–Trinajstić information content (AvgIpc) is 3.33. The van der Waals surface area contributed by atoms with E-state index in [0.29, 0.717) is 24.8 Å². The molecule has 0 saturated carbocycles. The van der Waals surface area contributed by atoms with Crippen LogP contribution in [0.25, 0.3) is 22.2 Å². The number of nitrogens with one attached hydrogen (secondary N) is 1. The number of hydrogen-bond donors (Lipinski definition) is 1. The van der Waals surface area contributed by atoms with Crippen molar-refractivity contribution < 1.29 is 19.0 Å². The number of carbonyl (C=O) groups is 1. The first-order valence-corrected chi connectivity index (χ1v) is 9.38. The number of rotatable bonds is 5. The van der Waals surface area contributed by atoms with Gasteiger partial charge in [-0.3, -0.25) is 4.79 Å². The van der Waals surface area contributed by atoms with Crippen LogP contribution >= 0.6 is 0 Å². The molecule has 8 nitrogen and oxygen atoms in total. The normalized spacial score (nSPS) is 18.9. The number of pyridine rings is 2. The number of fused-ring (bicyclic) bond motifs is 1. The summed E-state index contributed by atoms with van der Waals surface area (Å²) < 4.78 is 19.0. The molecule has 1 atom stereocenters. The highest BCUT2D eigenvalue weighted by atomic mass is 16.5. The maximum atomic E-state index is 11.4. The van der Waals surface area contributed by atoms with Crippen LogP contribution in [0.1, 0.15) is 19.0 Å². The fourth-order valence-corrected chi connectivity index (χ4v) is 3.74.